The Hall–Kier alpha value is -2.34. The quantitative estimate of drug-likeness (QED) is 0.774. The number of pyridine rings is 1. The summed E-state index contributed by atoms with van der Waals surface area (Å²) in [5.41, 5.74) is 1.69. The van der Waals surface area contributed by atoms with Gasteiger partial charge >= 0.3 is 0 Å². The molecule has 0 aliphatic carbocycles. The number of rotatable bonds is 8. The highest BCUT2D eigenvalue weighted by Gasteiger charge is 2.23. The highest BCUT2D eigenvalue weighted by molar-refractivity contribution is 5.94. The minimum Gasteiger partial charge on any atom is -0.472 e. The van der Waals surface area contributed by atoms with Crippen molar-refractivity contribution >= 4 is 11.7 Å². The largest absolute Gasteiger partial charge is 0.472 e. The molecule has 6 nitrogen and oxygen atoms in total. The second-order valence-electron chi connectivity index (χ2n) is 7.91. The molecule has 1 N–H and O–H groups in total. The molecule has 146 valence electrons. The van der Waals surface area contributed by atoms with Crippen LogP contribution in [0.2, 0.25) is 0 Å². The van der Waals surface area contributed by atoms with E-state index >= 15 is 0 Å². The molecule has 27 heavy (non-hydrogen) atoms. The number of likely N-dealkylation sites (tertiary alicyclic amines) is 1. The monoisotopic (exact) mass is 370 g/mol. The van der Waals surface area contributed by atoms with Crippen LogP contribution in [-0.2, 0) is 6.54 Å². The first-order valence-corrected chi connectivity index (χ1v) is 9.70. The summed E-state index contributed by atoms with van der Waals surface area (Å²) in [6.07, 6.45) is 6.19. The van der Waals surface area contributed by atoms with Crippen LogP contribution in [0.1, 0.15) is 36.2 Å². The van der Waals surface area contributed by atoms with Crippen molar-refractivity contribution in [2.24, 2.45) is 11.8 Å². The highest BCUT2D eigenvalue weighted by atomic mass is 16.3. The Kier molecular flexibility index (Phi) is 6.50. The van der Waals surface area contributed by atoms with Gasteiger partial charge in [0.25, 0.3) is 5.91 Å². The zero-order chi connectivity index (χ0) is 19.2. The third-order valence-electron chi connectivity index (χ3n) is 4.95. The summed E-state index contributed by atoms with van der Waals surface area (Å²) in [4.78, 5) is 21.4. The number of hydrogen-bond donors (Lipinski definition) is 1. The first-order chi connectivity index (χ1) is 13.0. The number of furan rings is 1. The fraction of sp³-hybridized carbons (Fsp3) is 0.524. The maximum absolute atomic E-state index is 12.4. The van der Waals surface area contributed by atoms with Crippen LogP contribution >= 0.6 is 0 Å². The topological polar surface area (TPSA) is 61.6 Å². The van der Waals surface area contributed by atoms with Crippen molar-refractivity contribution in [3.05, 3.63) is 48.0 Å². The van der Waals surface area contributed by atoms with E-state index in [1.165, 1.54) is 0 Å². The Labute approximate surface area is 161 Å². The number of amides is 1. The lowest BCUT2D eigenvalue weighted by atomic mass is 10.1. The second-order valence-corrected chi connectivity index (χ2v) is 7.91. The van der Waals surface area contributed by atoms with E-state index in [0.717, 1.165) is 44.0 Å². The first-order valence-electron chi connectivity index (χ1n) is 9.70. The summed E-state index contributed by atoms with van der Waals surface area (Å²) in [5, 5.41) is 3.07. The van der Waals surface area contributed by atoms with E-state index in [2.05, 4.69) is 29.0 Å². The Morgan fingerprint density at radius 1 is 1.41 bits per heavy atom. The number of nitrogens with one attached hydrogen (secondary N) is 1. The van der Waals surface area contributed by atoms with Crippen molar-refractivity contribution in [1.82, 2.24) is 15.2 Å². The molecule has 3 heterocycles. The van der Waals surface area contributed by atoms with Crippen LogP contribution in [0, 0.1) is 11.8 Å². The SMILES string of the molecule is CC(C)CN1CC[C@@H](CNC(=O)c2ccc(N(C)Cc3ccoc3)nc2)C1. The molecular formula is C21H30N4O2. The van der Waals surface area contributed by atoms with E-state index < -0.39 is 0 Å². The molecule has 1 atom stereocenters. The van der Waals surface area contributed by atoms with Crippen molar-refractivity contribution < 1.29 is 9.21 Å². The van der Waals surface area contributed by atoms with Crippen molar-refractivity contribution in [2.45, 2.75) is 26.8 Å². The van der Waals surface area contributed by atoms with Gasteiger partial charge in [0, 0.05) is 45.0 Å². The van der Waals surface area contributed by atoms with E-state index in [4.69, 9.17) is 4.42 Å². The fourth-order valence-corrected chi connectivity index (χ4v) is 3.58. The zero-order valence-electron chi connectivity index (χ0n) is 16.5. The summed E-state index contributed by atoms with van der Waals surface area (Å²) >= 11 is 0. The number of hydrogen-bond acceptors (Lipinski definition) is 5. The van der Waals surface area contributed by atoms with Gasteiger partial charge in [0.2, 0.25) is 0 Å². The van der Waals surface area contributed by atoms with Gasteiger partial charge in [-0.1, -0.05) is 13.8 Å². The molecule has 1 aliphatic heterocycles. The lowest BCUT2D eigenvalue weighted by Crippen LogP contribution is -2.32. The molecule has 1 aliphatic rings. The summed E-state index contributed by atoms with van der Waals surface area (Å²) in [7, 11) is 1.97. The molecule has 2 aromatic rings. The molecule has 2 aromatic heterocycles. The lowest BCUT2D eigenvalue weighted by molar-refractivity contribution is 0.0947. The Morgan fingerprint density at radius 3 is 2.93 bits per heavy atom. The second kappa shape index (κ2) is 9.04. The average Bonchev–Trinajstić information content (AvgIpc) is 3.31. The van der Waals surface area contributed by atoms with Gasteiger partial charge in [-0.25, -0.2) is 4.98 Å². The summed E-state index contributed by atoms with van der Waals surface area (Å²) in [6, 6.07) is 5.65. The molecule has 1 saturated heterocycles. The number of carbonyl (C=O) groups excluding carboxylic acids is 1. The Balaban J connectivity index is 1.46. The van der Waals surface area contributed by atoms with Crippen LogP contribution < -0.4 is 10.2 Å². The van der Waals surface area contributed by atoms with Crippen LogP contribution in [0.5, 0.6) is 0 Å². The molecule has 0 unspecified atom stereocenters. The summed E-state index contributed by atoms with van der Waals surface area (Å²) in [5.74, 6) is 2.01. The predicted molar refractivity (Wildman–Crippen MR) is 107 cm³/mol. The highest BCUT2D eigenvalue weighted by Crippen LogP contribution is 2.17. The first kappa shape index (κ1) is 19.4. The predicted octanol–water partition coefficient (Wildman–Crippen LogP) is 3.02. The Morgan fingerprint density at radius 2 is 2.26 bits per heavy atom. The zero-order valence-corrected chi connectivity index (χ0v) is 16.5. The van der Waals surface area contributed by atoms with Gasteiger partial charge < -0.3 is 19.5 Å². The molecule has 0 aromatic carbocycles. The lowest BCUT2D eigenvalue weighted by Gasteiger charge is -2.18. The smallest absolute Gasteiger partial charge is 0.252 e. The molecular weight excluding hydrogens is 340 g/mol. The summed E-state index contributed by atoms with van der Waals surface area (Å²) in [6.45, 7) is 9.30. The molecule has 0 bridgehead atoms. The molecule has 1 fully saturated rings. The van der Waals surface area contributed by atoms with Crippen molar-refractivity contribution in [1.29, 1.82) is 0 Å². The number of nitrogens with zero attached hydrogens (tertiary/aromatic N) is 3. The molecule has 1 amide bonds. The minimum absolute atomic E-state index is 0.0474. The van der Waals surface area contributed by atoms with Crippen LogP contribution in [-0.4, -0.2) is 49.0 Å². The molecule has 3 rings (SSSR count). The number of aromatic nitrogens is 1. The average molecular weight is 370 g/mol. The third-order valence-corrected chi connectivity index (χ3v) is 4.95. The van der Waals surface area contributed by atoms with Crippen molar-refractivity contribution in [3.63, 3.8) is 0 Å². The summed E-state index contributed by atoms with van der Waals surface area (Å²) < 4.78 is 5.09. The van der Waals surface area contributed by atoms with Crippen LogP contribution in [0.15, 0.2) is 41.3 Å². The fourth-order valence-electron chi connectivity index (χ4n) is 3.58. The van der Waals surface area contributed by atoms with Crippen LogP contribution in [0.3, 0.4) is 0 Å². The van der Waals surface area contributed by atoms with Gasteiger partial charge in [0.15, 0.2) is 0 Å². The van der Waals surface area contributed by atoms with Gasteiger partial charge in [-0.05, 0) is 43.0 Å². The minimum atomic E-state index is -0.0474. The number of carbonyl (C=O) groups is 1. The van der Waals surface area contributed by atoms with Gasteiger partial charge in [0.1, 0.15) is 5.82 Å². The molecule has 0 spiro atoms. The molecule has 0 saturated carbocycles. The van der Waals surface area contributed by atoms with E-state index in [-0.39, 0.29) is 5.91 Å². The third kappa shape index (κ3) is 5.57. The van der Waals surface area contributed by atoms with E-state index in [1.807, 2.05) is 30.1 Å². The van der Waals surface area contributed by atoms with E-state index in [9.17, 15) is 4.79 Å². The van der Waals surface area contributed by atoms with Crippen LogP contribution in [0.25, 0.3) is 0 Å². The number of anilines is 1. The maximum atomic E-state index is 12.4. The molecule has 6 heteroatoms. The van der Waals surface area contributed by atoms with Crippen molar-refractivity contribution in [2.75, 3.05) is 38.1 Å². The van der Waals surface area contributed by atoms with Crippen LogP contribution in [0.4, 0.5) is 5.82 Å². The Bertz CT molecular complexity index is 712. The van der Waals surface area contributed by atoms with Gasteiger partial charge in [-0.2, -0.15) is 0 Å². The maximum Gasteiger partial charge on any atom is 0.252 e. The van der Waals surface area contributed by atoms with Gasteiger partial charge in [-0.15, -0.1) is 0 Å². The van der Waals surface area contributed by atoms with E-state index in [1.54, 1.807) is 18.7 Å². The van der Waals surface area contributed by atoms with Crippen molar-refractivity contribution in [3.8, 4) is 0 Å². The molecule has 0 radical (unpaired) electrons. The van der Waals surface area contributed by atoms with Gasteiger partial charge in [-0.3, -0.25) is 4.79 Å². The van der Waals surface area contributed by atoms with Gasteiger partial charge in [0.05, 0.1) is 18.1 Å². The van der Waals surface area contributed by atoms with E-state index in [0.29, 0.717) is 23.9 Å². The standard InChI is InChI=1S/C21H30N4O2/c1-16(2)12-25-8-6-17(14-25)10-23-21(26)19-4-5-20(22-11-19)24(3)13-18-7-9-27-15-18/h4-5,7,9,11,15-17H,6,8,10,12-14H2,1-3H3,(H,23,26)/t17-/m0/s1. The normalized spacial score (nSPS) is 17.4.